The molecule has 3 heterocycles. The van der Waals surface area contributed by atoms with E-state index in [-0.39, 0.29) is 17.4 Å². The lowest BCUT2D eigenvalue weighted by atomic mass is 10.0. The van der Waals surface area contributed by atoms with Gasteiger partial charge in [0.15, 0.2) is 0 Å². The number of aromatic nitrogens is 4. The molecule has 0 aliphatic carbocycles. The fourth-order valence-corrected chi connectivity index (χ4v) is 4.30. The fraction of sp³-hybridized carbons (Fsp3) is 0.154. The molecule has 0 bridgehead atoms. The second-order valence-corrected chi connectivity index (χ2v) is 8.39. The maximum Gasteiger partial charge on any atom is 0.416 e. The third-order valence-electron chi connectivity index (χ3n) is 5.94. The average molecular weight is 477 g/mol. The number of halogens is 3. The standard InChI is InChI=1S/C26H22F3N5O/c1-14-10-18(16-6-4-3-5-7-16)23(33-14)15(2)34-25-22-20(12-30-24(22)31-13-32-25)19-11-17(26(27,28)29)8-9-21(19)35/h3-13,15,33,35H,1-2H3,(H2,30,31,32,34). The molecule has 0 aliphatic rings. The predicted molar refractivity (Wildman–Crippen MR) is 129 cm³/mol. The van der Waals surface area contributed by atoms with Gasteiger partial charge in [-0.3, -0.25) is 0 Å². The summed E-state index contributed by atoms with van der Waals surface area (Å²) >= 11 is 0. The number of alkyl halides is 3. The molecule has 1 atom stereocenters. The zero-order valence-electron chi connectivity index (χ0n) is 18.9. The summed E-state index contributed by atoms with van der Waals surface area (Å²) in [5, 5.41) is 14.3. The van der Waals surface area contributed by atoms with Crippen LogP contribution in [0, 0.1) is 6.92 Å². The Morgan fingerprint density at radius 2 is 1.74 bits per heavy atom. The summed E-state index contributed by atoms with van der Waals surface area (Å²) in [5.74, 6) is 0.162. The van der Waals surface area contributed by atoms with E-state index in [0.29, 0.717) is 22.4 Å². The molecule has 4 N–H and O–H groups in total. The van der Waals surface area contributed by atoms with Crippen molar-refractivity contribution >= 4 is 16.9 Å². The normalized spacial score (nSPS) is 12.7. The zero-order chi connectivity index (χ0) is 24.7. The van der Waals surface area contributed by atoms with Gasteiger partial charge in [-0.2, -0.15) is 13.2 Å². The van der Waals surface area contributed by atoms with Gasteiger partial charge in [0.1, 0.15) is 23.5 Å². The van der Waals surface area contributed by atoms with E-state index in [1.165, 1.54) is 12.5 Å². The highest BCUT2D eigenvalue weighted by Crippen LogP contribution is 2.41. The van der Waals surface area contributed by atoms with Crippen LogP contribution in [0.3, 0.4) is 0 Å². The number of nitrogens with zero attached hydrogens (tertiary/aromatic N) is 2. The topological polar surface area (TPSA) is 89.6 Å². The van der Waals surface area contributed by atoms with Gasteiger partial charge in [-0.1, -0.05) is 30.3 Å². The van der Waals surface area contributed by atoms with E-state index in [4.69, 9.17) is 0 Å². The molecule has 0 saturated heterocycles. The van der Waals surface area contributed by atoms with Crippen LogP contribution < -0.4 is 5.32 Å². The Bertz CT molecular complexity index is 1510. The van der Waals surface area contributed by atoms with Crippen molar-refractivity contribution in [3.8, 4) is 28.0 Å². The molecule has 0 fully saturated rings. The summed E-state index contributed by atoms with van der Waals surface area (Å²) in [7, 11) is 0. The SMILES string of the molecule is Cc1cc(-c2ccccc2)c(C(C)Nc2ncnc3[nH]cc(-c4cc(C(F)(F)F)ccc4O)c23)[nH]1. The molecule has 0 saturated carbocycles. The molecular formula is C26H22F3N5O. The number of rotatable bonds is 5. The van der Waals surface area contributed by atoms with Crippen LogP contribution in [0.5, 0.6) is 5.75 Å². The molecule has 3 aromatic heterocycles. The largest absolute Gasteiger partial charge is 0.507 e. The van der Waals surface area contributed by atoms with Crippen molar-refractivity contribution in [2.24, 2.45) is 0 Å². The van der Waals surface area contributed by atoms with E-state index in [1.54, 1.807) is 0 Å². The molecule has 0 amide bonds. The monoisotopic (exact) mass is 477 g/mol. The lowest BCUT2D eigenvalue weighted by Crippen LogP contribution is -2.10. The van der Waals surface area contributed by atoms with Gasteiger partial charge in [0.2, 0.25) is 0 Å². The van der Waals surface area contributed by atoms with Gasteiger partial charge in [-0.15, -0.1) is 0 Å². The Balaban J connectivity index is 1.58. The van der Waals surface area contributed by atoms with E-state index < -0.39 is 11.7 Å². The third-order valence-corrected chi connectivity index (χ3v) is 5.94. The lowest BCUT2D eigenvalue weighted by Gasteiger charge is -2.17. The van der Waals surface area contributed by atoms with Crippen molar-refractivity contribution in [1.29, 1.82) is 0 Å². The number of hydrogen-bond donors (Lipinski definition) is 4. The number of fused-ring (bicyclic) bond motifs is 1. The summed E-state index contributed by atoms with van der Waals surface area (Å²) in [6.07, 6.45) is -1.64. The Hall–Kier alpha value is -4.27. The van der Waals surface area contributed by atoms with Gasteiger partial charge in [-0.25, -0.2) is 9.97 Å². The van der Waals surface area contributed by atoms with E-state index in [1.807, 2.05) is 44.2 Å². The number of phenolic OH excluding ortho intramolecular Hbond substituents is 1. The molecule has 178 valence electrons. The molecule has 1 unspecified atom stereocenters. The number of aromatic amines is 2. The Kier molecular flexibility index (Phi) is 5.47. The van der Waals surface area contributed by atoms with Gasteiger partial charge in [0.25, 0.3) is 0 Å². The summed E-state index contributed by atoms with van der Waals surface area (Å²) in [5.41, 5.74) is 4.03. The highest BCUT2D eigenvalue weighted by Gasteiger charge is 2.31. The zero-order valence-corrected chi connectivity index (χ0v) is 18.9. The quantitative estimate of drug-likeness (QED) is 0.223. The van der Waals surface area contributed by atoms with Gasteiger partial charge in [-0.05, 0) is 43.7 Å². The smallest absolute Gasteiger partial charge is 0.416 e. The minimum absolute atomic E-state index is 0.0391. The maximum absolute atomic E-state index is 13.3. The Morgan fingerprint density at radius 3 is 2.49 bits per heavy atom. The number of aromatic hydroxyl groups is 1. The number of benzene rings is 2. The van der Waals surface area contributed by atoms with Crippen molar-refractivity contribution in [2.45, 2.75) is 26.1 Å². The number of anilines is 1. The van der Waals surface area contributed by atoms with E-state index in [9.17, 15) is 18.3 Å². The van der Waals surface area contributed by atoms with Crippen LogP contribution in [-0.4, -0.2) is 25.0 Å². The summed E-state index contributed by atoms with van der Waals surface area (Å²) in [6.45, 7) is 3.95. The average Bonchev–Trinajstić information content (AvgIpc) is 3.44. The number of hydrogen-bond acceptors (Lipinski definition) is 4. The first kappa shape index (κ1) is 22.5. The van der Waals surface area contributed by atoms with Crippen LogP contribution in [0.25, 0.3) is 33.3 Å². The predicted octanol–water partition coefficient (Wildman–Crippen LogP) is 6.83. The molecule has 5 rings (SSSR count). The summed E-state index contributed by atoms with van der Waals surface area (Å²) < 4.78 is 40.0. The molecule has 6 nitrogen and oxygen atoms in total. The fourth-order valence-electron chi connectivity index (χ4n) is 4.30. The number of aryl methyl sites for hydroxylation is 1. The highest BCUT2D eigenvalue weighted by molar-refractivity contribution is 6.02. The van der Waals surface area contributed by atoms with Crippen LogP contribution in [-0.2, 0) is 6.18 Å². The number of H-pyrrole nitrogens is 2. The summed E-state index contributed by atoms with van der Waals surface area (Å²) in [6, 6.07) is 14.6. The minimum atomic E-state index is -4.54. The van der Waals surface area contributed by atoms with Crippen LogP contribution in [0.15, 0.2) is 67.1 Å². The number of phenols is 1. The van der Waals surface area contributed by atoms with Crippen molar-refractivity contribution in [3.05, 3.63) is 84.1 Å². The van der Waals surface area contributed by atoms with E-state index in [2.05, 4.69) is 31.3 Å². The Labute approximate surface area is 198 Å². The first-order chi connectivity index (χ1) is 16.7. The molecule has 0 radical (unpaired) electrons. The van der Waals surface area contributed by atoms with Gasteiger partial charge >= 0.3 is 6.18 Å². The number of nitrogens with one attached hydrogen (secondary N) is 3. The molecular weight excluding hydrogens is 455 g/mol. The van der Waals surface area contributed by atoms with Gasteiger partial charge < -0.3 is 20.4 Å². The van der Waals surface area contributed by atoms with Crippen molar-refractivity contribution in [1.82, 2.24) is 19.9 Å². The molecule has 35 heavy (non-hydrogen) atoms. The molecule has 9 heteroatoms. The molecule has 0 spiro atoms. The highest BCUT2D eigenvalue weighted by atomic mass is 19.4. The van der Waals surface area contributed by atoms with Crippen LogP contribution >= 0.6 is 0 Å². The molecule has 0 aliphatic heterocycles. The Morgan fingerprint density at radius 1 is 0.971 bits per heavy atom. The third kappa shape index (κ3) is 4.21. The first-order valence-corrected chi connectivity index (χ1v) is 11.0. The van der Waals surface area contributed by atoms with Crippen molar-refractivity contribution in [2.75, 3.05) is 5.32 Å². The van der Waals surface area contributed by atoms with Crippen molar-refractivity contribution in [3.63, 3.8) is 0 Å². The second kappa shape index (κ2) is 8.50. The lowest BCUT2D eigenvalue weighted by molar-refractivity contribution is -0.137. The molecule has 5 aromatic rings. The maximum atomic E-state index is 13.3. The van der Waals surface area contributed by atoms with Gasteiger partial charge in [0, 0.05) is 34.3 Å². The van der Waals surface area contributed by atoms with E-state index in [0.717, 1.165) is 40.7 Å². The van der Waals surface area contributed by atoms with E-state index >= 15 is 0 Å². The van der Waals surface area contributed by atoms with Crippen molar-refractivity contribution < 1.29 is 18.3 Å². The van der Waals surface area contributed by atoms with Crippen LogP contribution in [0.1, 0.15) is 29.9 Å². The van der Waals surface area contributed by atoms with Crippen LogP contribution in [0.2, 0.25) is 0 Å². The van der Waals surface area contributed by atoms with Gasteiger partial charge in [0.05, 0.1) is 17.0 Å². The van der Waals surface area contributed by atoms with Crippen LogP contribution in [0.4, 0.5) is 19.0 Å². The second-order valence-electron chi connectivity index (χ2n) is 8.39. The summed E-state index contributed by atoms with van der Waals surface area (Å²) in [4.78, 5) is 15.0. The first-order valence-electron chi connectivity index (χ1n) is 11.0. The minimum Gasteiger partial charge on any atom is -0.507 e. The molecule has 2 aromatic carbocycles.